The summed E-state index contributed by atoms with van der Waals surface area (Å²) in [4.78, 5) is 11.5. The zero-order valence-corrected chi connectivity index (χ0v) is 10.3. The summed E-state index contributed by atoms with van der Waals surface area (Å²) in [6.07, 6.45) is 3.75. The average Bonchev–Trinajstić information content (AvgIpc) is 2.08. The van der Waals surface area contributed by atoms with Crippen molar-refractivity contribution in [3.05, 3.63) is 0 Å². The van der Waals surface area contributed by atoms with Gasteiger partial charge in [-0.05, 0) is 18.3 Å². The smallest absolute Gasteiger partial charge is 0.220 e. The SMILES string of the molecule is CCCCC(=O)NC(CC)C(C)(C)C. The van der Waals surface area contributed by atoms with E-state index in [2.05, 4.69) is 39.9 Å². The summed E-state index contributed by atoms with van der Waals surface area (Å²) in [6, 6.07) is 0.298. The molecule has 0 rings (SSSR count). The van der Waals surface area contributed by atoms with E-state index in [1.54, 1.807) is 0 Å². The standard InChI is InChI=1S/C12H25NO/c1-6-8-9-11(14)13-10(7-2)12(3,4)5/h10H,6-9H2,1-5H3,(H,13,14). The fraction of sp³-hybridized carbons (Fsp3) is 0.917. The third-order valence-electron chi connectivity index (χ3n) is 2.55. The Labute approximate surface area is 88.5 Å². The molecule has 2 heteroatoms. The molecule has 1 N–H and O–H groups in total. The van der Waals surface area contributed by atoms with E-state index in [1.165, 1.54) is 0 Å². The first-order valence-corrected chi connectivity index (χ1v) is 5.71. The molecule has 0 spiro atoms. The maximum atomic E-state index is 11.5. The molecule has 1 atom stereocenters. The van der Waals surface area contributed by atoms with Gasteiger partial charge in [0.25, 0.3) is 0 Å². The van der Waals surface area contributed by atoms with Crippen molar-refractivity contribution in [1.82, 2.24) is 5.32 Å². The van der Waals surface area contributed by atoms with E-state index in [0.29, 0.717) is 12.5 Å². The number of hydrogen-bond acceptors (Lipinski definition) is 1. The fourth-order valence-electron chi connectivity index (χ4n) is 1.53. The first kappa shape index (κ1) is 13.5. The molecule has 0 aliphatic carbocycles. The Balaban J connectivity index is 4.00. The Morgan fingerprint density at radius 1 is 1.29 bits per heavy atom. The lowest BCUT2D eigenvalue weighted by molar-refractivity contribution is -0.122. The highest BCUT2D eigenvalue weighted by Crippen LogP contribution is 2.21. The van der Waals surface area contributed by atoms with Gasteiger partial charge in [-0.2, -0.15) is 0 Å². The summed E-state index contributed by atoms with van der Waals surface area (Å²) in [7, 11) is 0. The van der Waals surface area contributed by atoms with E-state index in [0.717, 1.165) is 19.3 Å². The minimum absolute atomic E-state index is 0.163. The van der Waals surface area contributed by atoms with Crippen LogP contribution in [0.15, 0.2) is 0 Å². The van der Waals surface area contributed by atoms with Crippen LogP contribution in [0.2, 0.25) is 0 Å². The second kappa shape index (κ2) is 6.05. The lowest BCUT2D eigenvalue weighted by atomic mass is 9.85. The maximum Gasteiger partial charge on any atom is 0.220 e. The Morgan fingerprint density at radius 2 is 1.86 bits per heavy atom. The van der Waals surface area contributed by atoms with Gasteiger partial charge in [-0.15, -0.1) is 0 Å². The van der Waals surface area contributed by atoms with Crippen molar-refractivity contribution in [2.24, 2.45) is 5.41 Å². The zero-order valence-electron chi connectivity index (χ0n) is 10.3. The molecule has 0 fully saturated rings. The molecule has 0 saturated carbocycles. The number of carbonyl (C=O) groups excluding carboxylic acids is 1. The highest BCUT2D eigenvalue weighted by Gasteiger charge is 2.23. The molecule has 1 unspecified atom stereocenters. The monoisotopic (exact) mass is 199 g/mol. The van der Waals surface area contributed by atoms with Crippen molar-refractivity contribution in [2.75, 3.05) is 0 Å². The molecule has 0 aliphatic heterocycles. The summed E-state index contributed by atoms with van der Waals surface area (Å²) < 4.78 is 0. The third kappa shape index (κ3) is 5.25. The molecule has 0 radical (unpaired) electrons. The van der Waals surface area contributed by atoms with Crippen LogP contribution in [0.3, 0.4) is 0 Å². The van der Waals surface area contributed by atoms with Crippen molar-refractivity contribution < 1.29 is 4.79 Å². The van der Waals surface area contributed by atoms with Crippen LogP contribution in [0.5, 0.6) is 0 Å². The van der Waals surface area contributed by atoms with Crippen LogP contribution in [0.4, 0.5) is 0 Å². The molecular weight excluding hydrogens is 174 g/mol. The molecule has 0 aromatic carbocycles. The molecule has 0 aliphatic rings. The molecule has 0 heterocycles. The largest absolute Gasteiger partial charge is 0.353 e. The quantitative estimate of drug-likeness (QED) is 0.724. The van der Waals surface area contributed by atoms with E-state index in [4.69, 9.17) is 0 Å². The Bertz CT molecular complexity index is 170. The van der Waals surface area contributed by atoms with Crippen LogP contribution in [0, 0.1) is 5.41 Å². The van der Waals surface area contributed by atoms with Gasteiger partial charge >= 0.3 is 0 Å². The van der Waals surface area contributed by atoms with E-state index in [9.17, 15) is 4.79 Å². The number of hydrogen-bond donors (Lipinski definition) is 1. The summed E-state index contributed by atoms with van der Waals surface area (Å²) in [6.45, 7) is 10.7. The molecule has 0 aromatic heterocycles. The van der Waals surface area contributed by atoms with E-state index < -0.39 is 0 Å². The van der Waals surface area contributed by atoms with Crippen LogP contribution >= 0.6 is 0 Å². The number of carbonyl (C=O) groups is 1. The van der Waals surface area contributed by atoms with Crippen LogP contribution in [-0.4, -0.2) is 11.9 Å². The van der Waals surface area contributed by atoms with Gasteiger partial charge in [0.15, 0.2) is 0 Å². The predicted octanol–water partition coefficient (Wildman–Crippen LogP) is 3.12. The van der Waals surface area contributed by atoms with Gasteiger partial charge in [-0.25, -0.2) is 0 Å². The number of amides is 1. The maximum absolute atomic E-state index is 11.5. The molecule has 2 nitrogen and oxygen atoms in total. The Morgan fingerprint density at radius 3 is 2.21 bits per heavy atom. The van der Waals surface area contributed by atoms with Crippen molar-refractivity contribution in [2.45, 2.75) is 66.3 Å². The Kier molecular flexibility index (Phi) is 5.82. The van der Waals surface area contributed by atoms with Crippen LogP contribution in [0.1, 0.15) is 60.3 Å². The van der Waals surface area contributed by atoms with Gasteiger partial charge in [0.2, 0.25) is 5.91 Å². The zero-order chi connectivity index (χ0) is 11.2. The van der Waals surface area contributed by atoms with Crippen molar-refractivity contribution >= 4 is 5.91 Å². The van der Waals surface area contributed by atoms with Gasteiger partial charge in [-0.3, -0.25) is 4.79 Å². The summed E-state index contributed by atoms with van der Waals surface area (Å²) in [5, 5.41) is 3.10. The topological polar surface area (TPSA) is 29.1 Å². The molecule has 84 valence electrons. The lowest BCUT2D eigenvalue weighted by Crippen LogP contribution is -2.43. The predicted molar refractivity (Wildman–Crippen MR) is 61.2 cm³/mol. The van der Waals surface area contributed by atoms with Crippen LogP contribution in [0.25, 0.3) is 0 Å². The number of nitrogens with one attached hydrogen (secondary N) is 1. The molecule has 14 heavy (non-hydrogen) atoms. The van der Waals surface area contributed by atoms with Crippen molar-refractivity contribution in [3.8, 4) is 0 Å². The molecule has 0 aromatic rings. The molecule has 0 bridgehead atoms. The summed E-state index contributed by atoms with van der Waals surface area (Å²) >= 11 is 0. The summed E-state index contributed by atoms with van der Waals surface area (Å²) in [5.41, 5.74) is 0.163. The van der Waals surface area contributed by atoms with Gasteiger partial charge in [0, 0.05) is 12.5 Å². The third-order valence-corrected chi connectivity index (χ3v) is 2.55. The summed E-state index contributed by atoms with van der Waals surface area (Å²) in [5.74, 6) is 0.202. The van der Waals surface area contributed by atoms with Gasteiger partial charge in [0.1, 0.15) is 0 Å². The van der Waals surface area contributed by atoms with E-state index in [1.807, 2.05) is 0 Å². The number of unbranched alkanes of at least 4 members (excludes halogenated alkanes) is 1. The normalized spacial score (nSPS) is 13.8. The molecule has 1 amide bonds. The van der Waals surface area contributed by atoms with Gasteiger partial charge in [-0.1, -0.05) is 41.0 Å². The second-order valence-corrected chi connectivity index (χ2v) is 5.00. The fourth-order valence-corrected chi connectivity index (χ4v) is 1.53. The second-order valence-electron chi connectivity index (χ2n) is 5.00. The highest BCUT2D eigenvalue weighted by molar-refractivity contribution is 5.76. The van der Waals surface area contributed by atoms with Gasteiger partial charge in [0.05, 0.1) is 0 Å². The van der Waals surface area contributed by atoms with Crippen molar-refractivity contribution in [3.63, 3.8) is 0 Å². The minimum Gasteiger partial charge on any atom is -0.353 e. The first-order chi connectivity index (χ1) is 6.41. The van der Waals surface area contributed by atoms with Crippen LogP contribution < -0.4 is 5.32 Å². The van der Waals surface area contributed by atoms with E-state index in [-0.39, 0.29) is 11.3 Å². The number of rotatable bonds is 5. The van der Waals surface area contributed by atoms with E-state index >= 15 is 0 Å². The highest BCUT2D eigenvalue weighted by atomic mass is 16.1. The van der Waals surface area contributed by atoms with Gasteiger partial charge < -0.3 is 5.32 Å². The van der Waals surface area contributed by atoms with Crippen molar-refractivity contribution in [1.29, 1.82) is 0 Å². The minimum atomic E-state index is 0.163. The molecular formula is C12H25NO. The average molecular weight is 199 g/mol. The molecule has 0 saturated heterocycles. The first-order valence-electron chi connectivity index (χ1n) is 5.71. The van der Waals surface area contributed by atoms with Crippen LogP contribution in [-0.2, 0) is 4.79 Å². The Hall–Kier alpha value is -0.530. The lowest BCUT2D eigenvalue weighted by Gasteiger charge is -2.30.